The summed E-state index contributed by atoms with van der Waals surface area (Å²) < 4.78 is 1.90. The molecule has 0 fully saturated rings. The molecule has 27 heavy (non-hydrogen) atoms. The molecule has 1 heterocycles. The number of aromatic nitrogens is 3. The summed E-state index contributed by atoms with van der Waals surface area (Å²) in [6.07, 6.45) is 0.689. The number of carbonyl (C=O) groups is 2. The molecule has 0 spiro atoms. The van der Waals surface area contributed by atoms with Gasteiger partial charge in [-0.2, -0.15) is 0 Å². The Kier molecular flexibility index (Phi) is 6.03. The van der Waals surface area contributed by atoms with Gasteiger partial charge in [-0.15, -0.1) is 10.2 Å². The molecule has 6 nitrogen and oxygen atoms in total. The van der Waals surface area contributed by atoms with Crippen LogP contribution in [0.3, 0.4) is 0 Å². The van der Waals surface area contributed by atoms with Crippen molar-refractivity contribution in [2.45, 2.75) is 18.5 Å². The number of thioether (sulfide) groups is 1. The van der Waals surface area contributed by atoms with Gasteiger partial charge >= 0.3 is 0 Å². The van der Waals surface area contributed by atoms with E-state index in [1.54, 1.807) is 24.3 Å². The van der Waals surface area contributed by atoms with Crippen molar-refractivity contribution < 1.29 is 9.59 Å². The molecule has 138 valence electrons. The van der Waals surface area contributed by atoms with Crippen LogP contribution in [0.1, 0.15) is 28.7 Å². The molecule has 0 atom stereocenters. The number of rotatable bonds is 7. The highest BCUT2D eigenvalue weighted by atomic mass is 32.2. The number of hydrogen-bond acceptors (Lipinski definition) is 5. The Morgan fingerprint density at radius 1 is 1.07 bits per heavy atom. The SMILES string of the molecule is CC(=O)c1cccc(NC(=O)CSc2nnc(Cc3ccccc3)n2C)c1. The lowest BCUT2D eigenvalue weighted by Crippen LogP contribution is -2.14. The number of ketones is 1. The highest BCUT2D eigenvalue weighted by Gasteiger charge is 2.12. The quantitative estimate of drug-likeness (QED) is 0.502. The summed E-state index contributed by atoms with van der Waals surface area (Å²) in [7, 11) is 1.90. The number of nitrogens with zero attached hydrogens (tertiary/aromatic N) is 3. The van der Waals surface area contributed by atoms with E-state index in [-0.39, 0.29) is 17.4 Å². The fraction of sp³-hybridized carbons (Fsp3) is 0.200. The maximum absolute atomic E-state index is 12.2. The van der Waals surface area contributed by atoms with E-state index >= 15 is 0 Å². The maximum Gasteiger partial charge on any atom is 0.234 e. The third kappa shape index (κ3) is 5.04. The van der Waals surface area contributed by atoms with E-state index in [4.69, 9.17) is 0 Å². The highest BCUT2D eigenvalue weighted by molar-refractivity contribution is 7.99. The number of carbonyl (C=O) groups excluding carboxylic acids is 2. The summed E-state index contributed by atoms with van der Waals surface area (Å²) in [5.74, 6) is 0.860. The van der Waals surface area contributed by atoms with Crippen molar-refractivity contribution in [3.05, 3.63) is 71.5 Å². The van der Waals surface area contributed by atoms with E-state index in [0.29, 0.717) is 22.8 Å². The highest BCUT2D eigenvalue weighted by Crippen LogP contribution is 2.18. The zero-order chi connectivity index (χ0) is 19.2. The third-order valence-corrected chi connectivity index (χ3v) is 5.04. The number of Topliss-reactive ketones (excluding diaryl/α,β-unsaturated/α-hetero) is 1. The van der Waals surface area contributed by atoms with Gasteiger partial charge in [-0.3, -0.25) is 9.59 Å². The molecule has 0 bridgehead atoms. The predicted octanol–water partition coefficient (Wildman–Crippen LogP) is 3.34. The van der Waals surface area contributed by atoms with Gasteiger partial charge in [-0.1, -0.05) is 54.2 Å². The molecular formula is C20H20N4O2S. The van der Waals surface area contributed by atoms with E-state index in [9.17, 15) is 9.59 Å². The molecule has 0 unspecified atom stereocenters. The number of nitrogens with one attached hydrogen (secondary N) is 1. The Bertz CT molecular complexity index is 954. The first kappa shape index (κ1) is 18.8. The molecule has 1 N–H and O–H groups in total. The van der Waals surface area contributed by atoms with Gasteiger partial charge in [0, 0.05) is 24.7 Å². The summed E-state index contributed by atoms with van der Waals surface area (Å²) in [5, 5.41) is 11.9. The zero-order valence-electron chi connectivity index (χ0n) is 15.2. The van der Waals surface area contributed by atoms with E-state index in [1.165, 1.54) is 18.7 Å². The van der Waals surface area contributed by atoms with Crippen LogP contribution in [0.5, 0.6) is 0 Å². The van der Waals surface area contributed by atoms with Crippen molar-refractivity contribution in [2.24, 2.45) is 7.05 Å². The van der Waals surface area contributed by atoms with Crippen molar-refractivity contribution in [3.8, 4) is 0 Å². The van der Waals surface area contributed by atoms with Crippen LogP contribution in [-0.2, 0) is 18.3 Å². The van der Waals surface area contributed by atoms with Gasteiger partial charge in [0.05, 0.1) is 5.75 Å². The van der Waals surface area contributed by atoms with E-state index in [0.717, 1.165) is 11.4 Å². The normalized spacial score (nSPS) is 10.6. The number of hydrogen-bond donors (Lipinski definition) is 1. The minimum Gasteiger partial charge on any atom is -0.325 e. The fourth-order valence-corrected chi connectivity index (χ4v) is 3.28. The van der Waals surface area contributed by atoms with Crippen LogP contribution in [0.25, 0.3) is 0 Å². The van der Waals surface area contributed by atoms with Crippen LogP contribution in [0, 0.1) is 0 Å². The summed E-state index contributed by atoms with van der Waals surface area (Å²) in [6, 6.07) is 17.0. The second kappa shape index (κ2) is 8.64. The monoisotopic (exact) mass is 380 g/mol. The molecular weight excluding hydrogens is 360 g/mol. The van der Waals surface area contributed by atoms with Gasteiger partial charge in [0.15, 0.2) is 10.9 Å². The maximum atomic E-state index is 12.2. The fourth-order valence-electron chi connectivity index (χ4n) is 2.55. The third-order valence-electron chi connectivity index (χ3n) is 4.02. The molecule has 1 aromatic heterocycles. The Labute approximate surface area is 162 Å². The molecule has 0 saturated heterocycles. The molecule has 7 heteroatoms. The lowest BCUT2D eigenvalue weighted by atomic mass is 10.1. The number of amides is 1. The standard InChI is InChI=1S/C20H20N4O2S/c1-14(25)16-9-6-10-17(12-16)21-19(26)13-27-20-23-22-18(24(20)2)11-15-7-4-3-5-8-15/h3-10,12H,11,13H2,1-2H3,(H,21,26). The van der Waals surface area contributed by atoms with Crippen LogP contribution in [0.2, 0.25) is 0 Å². The molecule has 0 aliphatic carbocycles. The molecule has 3 rings (SSSR count). The zero-order valence-corrected chi connectivity index (χ0v) is 16.0. The van der Waals surface area contributed by atoms with Gasteiger partial charge in [0.2, 0.25) is 5.91 Å². The molecule has 1 amide bonds. The van der Waals surface area contributed by atoms with E-state index < -0.39 is 0 Å². The minimum absolute atomic E-state index is 0.0366. The Hall–Kier alpha value is -2.93. The first-order valence-electron chi connectivity index (χ1n) is 8.49. The van der Waals surface area contributed by atoms with Crippen molar-refractivity contribution in [3.63, 3.8) is 0 Å². The van der Waals surface area contributed by atoms with Crippen LogP contribution >= 0.6 is 11.8 Å². The van der Waals surface area contributed by atoms with Gasteiger partial charge < -0.3 is 9.88 Å². The topological polar surface area (TPSA) is 76.9 Å². The summed E-state index contributed by atoms with van der Waals surface area (Å²) in [5.41, 5.74) is 2.34. The van der Waals surface area contributed by atoms with Crippen LogP contribution < -0.4 is 5.32 Å². The van der Waals surface area contributed by atoms with Crippen LogP contribution in [-0.4, -0.2) is 32.2 Å². The van der Waals surface area contributed by atoms with Crippen LogP contribution in [0.15, 0.2) is 59.8 Å². The van der Waals surface area contributed by atoms with E-state index in [2.05, 4.69) is 15.5 Å². The molecule has 0 radical (unpaired) electrons. The first-order valence-corrected chi connectivity index (χ1v) is 9.47. The van der Waals surface area contributed by atoms with Gasteiger partial charge in [-0.25, -0.2) is 0 Å². The van der Waals surface area contributed by atoms with Gasteiger partial charge in [0.1, 0.15) is 5.82 Å². The van der Waals surface area contributed by atoms with Crippen molar-refractivity contribution in [2.75, 3.05) is 11.1 Å². The largest absolute Gasteiger partial charge is 0.325 e. The summed E-state index contributed by atoms with van der Waals surface area (Å²) >= 11 is 1.33. The molecule has 2 aromatic carbocycles. The minimum atomic E-state index is -0.159. The average Bonchev–Trinajstić information content (AvgIpc) is 3.01. The molecule has 0 saturated carbocycles. The Morgan fingerprint density at radius 3 is 2.59 bits per heavy atom. The Morgan fingerprint density at radius 2 is 1.85 bits per heavy atom. The molecule has 0 aliphatic heterocycles. The number of benzene rings is 2. The van der Waals surface area contributed by atoms with Crippen LogP contribution in [0.4, 0.5) is 5.69 Å². The lowest BCUT2D eigenvalue weighted by molar-refractivity contribution is -0.113. The average molecular weight is 380 g/mol. The van der Waals surface area contributed by atoms with Gasteiger partial charge in [-0.05, 0) is 24.6 Å². The van der Waals surface area contributed by atoms with Crippen molar-refractivity contribution >= 4 is 29.1 Å². The summed E-state index contributed by atoms with van der Waals surface area (Å²) in [4.78, 5) is 23.6. The van der Waals surface area contributed by atoms with Crippen molar-refractivity contribution in [1.29, 1.82) is 0 Å². The van der Waals surface area contributed by atoms with Crippen molar-refractivity contribution in [1.82, 2.24) is 14.8 Å². The molecule has 0 aliphatic rings. The molecule has 3 aromatic rings. The lowest BCUT2D eigenvalue weighted by Gasteiger charge is -2.07. The first-order chi connectivity index (χ1) is 13.0. The Balaban J connectivity index is 1.58. The second-order valence-electron chi connectivity index (χ2n) is 6.09. The smallest absolute Gasteiger partial charge is 0.234 e. The van der Waals surface area contributed by atoms with E-state index in [1.807, 2.05) is 41.9 Å². The summed E-state index contributed by atoms with van der Waals surface area (Å²) in [6.45, 7) is 1.50. The number of anilines is 1. The predicted molar refractivity (Wildman–Crippen MR) is 106 cm³/mol. The van der Waals surface area contributed by atoms with Gasteiger partial charge in [0.25, 0.3) is 0 Å². The second-order valence-corrected chi connectivity index (χ2v) is 7.04.